The van der Waals surface area contributed by atoms with E-state index in [0.29, 0.717) is 11.4 Å². The second-order valence-corrected chi connectivity index (χ2v) is 9.26. The zero-order chi connectivity index (χ0) is 23.5. The molecular formula is C24H29ClN4O3. The number of rotatable bonds is 5. The molecule has 7 nitrogen and oxygen atoms in total. The van der Waals surface area contributed by atoms with Gasteiger partial charge in [-0.3, -0.25) is 4.79 Å². The molecule has 8 heteroatoms. The van der Waals surface area contributed by atoms with Crippen LogP contribution < -0.4 is 10.1 Å². The van der Waals surface area contributed by atoms with E-state index in [-0.39, 0.29) is 24.5 Å². The highest BCUT2D eigenvalue weighted by Gasteiger charge is 2.34. The molecule has 1 aliphatic rings. The smallest absolute Gasteiger partial charge is 0.318 e. The highest BCUT2D eigenvalue weighted by molar-refractivity contribution is 6.30. The van der Waals surface area contributed by atoms with Crippen LogP contribution in [0.4, 0.5) is 4.79 Å². The molecule has 2 aromatic rings. The van der Waals surface area contributed by atoms with Crippen LogP contribution in [0.5, 0.6) is 5.75 Å². The van der Waals surface area contributed by atoms with Crippen LogP contribution in [-0.4, -0.2) is 53.8 Å². The van der Waals surface area contributed by atoms with Gasteiger partial charge < -0.3 is 15.0 Å². The van der Waals surface area contributed by atoms with Crippen molar-refractivity contribution >= 4 is 29.3 Å². The molecule has 1 heterocycles. The monoisotopic (exact) mass is 456 g/mol. The number of nitrogens with zero attached hydrogens (tertiary/aromatic N) is 3. The molecule has 0 saturated carbocycles. The third-order valence-corrected chi connectivity index (χ3v) is 5.30. The molecule has 0 aliphatic carbocycles. The maximum absolute atomic E-state index is 13.2. The lowest BCUT2D eigenvalue weighted by molar-refractivity contribution is -0.133. The van der Waals surface area contributed by atoms with Crippen LogP contribution in [0.25, 0.3) is 0 Å². The maximum atomic E-state index is 13.2. The minimum absolute atomic E-state index is 0.0919. The number of halogens is 1. The number of amides is 3. The lowest BCUT2D eigenvalue weighted by Gasteiger charge is -2.27. The van der Waals surface area contributed by atoms with Gasteiger partial charge in [0, 0.05) is 24.0 Å². The SMILES string of the molecule is COc1ccc(C2=NN(C(=O)CN(C)C(=O)NC(C)(C)C)[C@@H](c3ccc(Cl)cc3)C2)cc1. The van der Waals surface area contributed by atoms with Crippen molar-refractivity contribution in [3.05, 3.63) is 64.7 Å². The lowest BCUT2D eigenvalue weighted by Crippen LogP contribution is -2.49. The van der Waals surface area contributed by atoms with Gasteiger partial charge in [0.15, 0.2) is 0 Å². The summed E-state index contributed by atoms with van der Waals surface area (Å²) >= 11 is 6.05. The number of carbonyl (C=O) groups is 2. The Bertz CT molecular complexity index is 997. The first-order chi connectivity index (χ1) is 15.1. The van der Waals surface area contributed by atoms with Crippen LogP contribution in [0.1, 0.15) is 44.4 Å². The average Bonchev–Trinajstić information content (AvgIpc) is 3.18. The molecule has 0 saturated heterocycles. The fraction of sp³-hybridized carbons (Fsp3) is 0.375. The van der Waals surface area contributed by atoms with Crippen molar-refractivity contribution in [2.75, 3.05) is 20.7 Å². The van der Waals surface area contributed by atoms with Crippen molar-refractivity contribution in [2.45, 2.75) is 38.8 Å². The Labute approximate surface area is 194 Å². The summed E-state index contributed by atoms with van der Waals surface area (Å²) < 4.78 is 5.23. The van der Waals surface area contributed by atoms with E-state index in [1.54, 1.807) is 26.3 Å². The number of likely N-dealkylation sites (N-methyl/N-ethyl adjacent to an activating group) is 1. The van der Waals surface area contributed by atoms with Crippen LogP contribution in [-0.2, 0) is 4.79 Å². The van der Waals surface area contributed by atoms with Crippen molar-refractivity contribution in [1.29, 1.82) is 0 Å². The first-order valence-electron chi connectivity index (χ1n) is 10.4. The minimum atomic E-state index is -0.395. The zero-order valence-electron chi connectivity index (χ0n) is 19.1. The van der Waals surface area contributed by atoms with Crippen molar-refractivity contribution in [3.8, 4) is 5.75 Å². The molecule has 32 heavy (non-hydrogen) atoms. The van der Waals surface area contributed by atoms with E-state index in [1.165, 1.54) is 9.91 Å². The van der Waals surface area contributed by atoms with E-state index in [4.69, 9.17) is 16.3 Å². The van der Waals surface area contributed by atoms with Gasteiger partial charge in [0.05, 0.1) is 18.9 Å². The van der Waals surface area contributed by atoms with Gasteiger partial charge in [0.2, 0.25) is 0 Å². The number of hydrogen-bond donors (Lipinski definition) is 1. The van der Waals surface area contributed by atoms with Crippen LogP contribution in [0.3, 0.4) is 0 Å². The van der Waals surface area contributed by atoms with Crippen molar-refractivity contribution in [3.63, 3.8) is 0 Å². The molecule has 170 valence electrons. The van der Waals surface area contributed by atoms with Gasteiger partial charge in [0.1, 0.15) is 12.3 Å². The Kier molecular flexibility index (Phi) is 7.09. The fourth-order valence-electron chi connectivity index (χ4n) is 3.41. The lowest BCUT2D eigenvalue weighted by atomic mass is 9.98. The quantitative estimate of drug-likeness (QED) is 0.721. The van der Waals surface area contributed by atoms with E-state index in [9.17, 15) is 9.59 Å². The topological polar surface area (TPSA) is 74.2 Å². The second-order valence-electron chi connectivity index (χ2n) is 8.82. The van der Waals surface area contributed by atoms with Crippen LogP contribution in [0.15, 0.2) is 53.6 Å². The molecule has 3 amide bonds. The first kappa shape index (κ1) is 23.6. The first-order valence-corrected chi connectivity index (χ1v) is 10.8. The van der Waals surface area contributed by atoms with Gasteiger partial charge in [-0.15, -0.1) is 0 Å². The summed E-state index contributed by atoms with van der Waals surface area (Å²) in [4.78, 5) is 27.0. The molecule has 0 fully saturated rings. The fourth-order valence-corrected chi connectivity index (χ4v) is 3.53. The molecule has 3 rings (SSSR count). The summed E-state index contributed by atoms with van der Waals surface area (Å²) in [6.45, 7) is 5.58. The van der Waals surface area contributed by atoms with Gasteiger partial charge >= 0.3 is 6.03 Å². The van der Waals surface area contributed by atoms with Crippen molar-refractivity contribution in [1.82, 2.24) is 15.2 Å². The second kappa shape index (κ2) is 9.61. The van der Waals surface area contributed by atoms with Gasteiger partial charge in [-0.25, -0.2) is 9.80 Å². The van der Waals surface area contributed by atoms with Crippen molar-refractivity contribution in [2.24, 2.45) is 5.10 Å². The third-order valence-electron chi connectivity index (χ3n) is 5.04. The molecule has 0 spiro atoms. The average molecular weight is 457 g/mol. The summed E-state index contributed by atoms with van der Waals surface area (Å²) in [5.74, 6) is 0.487. The third kappa shape index (κ3) is 5.79. The number of benzene rings is 2. The molecule has 1 N–H and O–H groups in total. The Hall–Kier alpha value is -3.06. The molecular weight excluding hydrogens is 428 g/mol. The molecule has 0 bridgehead atoms. The van der Waals surface area contributed by atoms with E-state index in [1.807, 2.05) is 57.2 Å². The Morgan fingerprint density at radius 3 is 2.34 bits per heavy atom. The molecule has 2 aromatic carbocycles. The number of hydrogen-bond acceptors (Lipinski definition) is 4. The number of carbonyl (C=O) groups excluding carboxylic acids is 2. The van der Waals surface area contributed by atoms with Crippen LogP contribution >= 0.6 is 11.6 Å². The highest BCUT2D eigenvalue weighted by Crippen LogP contribution is 2.33. The molecule has 0 unspecified atom stereocenters. The predicted octanol–water partition coefficient (Wildman–Crippen LogP) is 4.47. The zero-order valence-corrected chi connectivity index (χ0v) is 19.8. The Morgan fingerprint density at radius 1 is 1.16 bits per heavy atom. The largest absolute Gasteiger partial charge is 0.497 e. The predicted molar refractivity (Wildman–Crippen MR) is 126 cm³/mol. The van der Waals surface area contributed by atoms with E-state index in [2.05, 4.69) is 10.4 Å². The van der Waals surface area contributed by atoms with Crippen molar-refractivity contribution < 1.29 is 14.3 Å². The number of hydrazone groups is 1. The van der Waals surface area contributed by atoms with Crippen LogP contribution in [0.2, 0.25) is 5.02 Å². The van der Waals surface area contributed by atoms with Crippen LogP contribution in [0, 0.1) is 0 Å². The Morgan fingerprint density at radius 2 is 1.78 bits per heavy atom. The highest BCUT2D eigenvalue weighted by atomic mass is 35.5. The van der Waals surface area contributed by atoms with Gasteiger partial charge in [-0.1, -0.05) is 23.7 Å². The summed E-state index contributed by atoms with van der Waals surface area (Å²) in [7, 11) is 3.21. The summed E-state index contributed by atoms with van der Waals surface area (Å²) in [5.41, 5.74) is 2.24. The minimum Gasteiger partial charge on any atom is -0.497 e. The van der Waals surface area contributed by atoms with Gasteiger partial charge in [-0.2, -0.15) is 5.10 Å². The molecule has 1 aliphatic heterocycles. The number of ether oxygens (including phenoxy) is 1. The number of nitrogens with one attached hydrogen (secondary N) is 1. The standard InChI is InChI=1S/C24H29ClN4O3/c1-24(2,3)26-23(31)28(4)15-22(30)29-21(17-6-10-18(25)11-7-17)14-20(27-29)16-8-12-19(32-5)13-9-16/h6-13,21H,14-15H2,1-5H3,(H,26,31)/t21-/m1/s1. The molecule has 0 radical (unpaired) electrons. The summed E-state index contributed by atoms with van der Waals surface area (Å²) in [6.07, 6.45) is 0.553. The molecule has 0 aromatic heterocycles. The van der Waals surface area contributed by atoms with Gasteiger partial charge in [-0.05, 0) is 68.3 Å². The Balaban J connectivity index is 1.84. The van der Waals surface area contributed by atoms with E-state index < -0.39 is 5.54 Å². The normalized spacial score (nSPS) is 15.9. The number of urea groups is 1. The maximum Gasteiger partial charge on any atom is 0.318 e. The summed E-state index contributed by atoms with van der Waals surface area (Å²) in [6, 6.07) is 14.4. The van der Waals surface area contributed by atoms with E-state index in [0.717, 1.165) is 22.6 Å². The summed E-state index contributed by atoms with van der Waals surface area (Å²) in [5, 5.41) is 9.61. The van der Waals surface area contributed by atoms with Gasteiger partial charge in [0.25, 0.3) is 5.91 Å². The number of methoxy groups -OCH3 is 1. The van der Waals surface area contributed by atoms with E-state index >= 15 is 0 Å². The molecule has 1 atom stereocenters.